The van der Waals surface area contributed by atoms with E-state index in [-0.39, 0.29) is 5.97 Å². The average Bonchev–Trinajstić information content (AvgIpc) is 2.67. The van der Waals surface area contributed by atoms with Crippen molar-refractivity contribution in [2.45, 2.75) is 124 Å². The van der Waals surface area contributed by atoms with Gasteiger partial charge in [-0.05, 0) is 50.9 Å². The van der Waals surface area contributed by atoms with Crippen molar-refractivity contribution in [3.05, 3.63) is 24.3 Å². The summed E-state index contributed by atoms with van der Waals surface area (Å²) in [7, 11) is 0. The summed E-state index contributed by atoms with van der Waals surface area (Å²) >= 11 is 0. The van der Waals surface area contributed by atoms with E-state index in [0.29, 0.717) is 13.0 Å². The monoisotopic (exact) mass is 392 g/mol. The van der Waals surface area contributed by atoms with Gasteiger partial charge in [-0.25, -0.2) is 0 Å². The van der Waals surface area contributed by atoms with E-state index in [1.54, 1.807) is 0 Å². The Kier molecular flexibility index (Phi) is 21.4. The zero-order valence-corrected chi connectivity index (χ0v) is 19.2. The summed E-state index contributed by atoms with van der Waals surface area (Å²) < 4.78 is 5.31. The van der Waals surface area contributed by atoms with Crippen molar-refractivity contribution in [1.29, 1.82) is 0 Å². The molecule has 0 heterocycles. The lowest BCUT2D eigenvalue weighted by Crippen LogP contribution is -2.05. The first-order valence-electron chi connectivity index (χ1n) is 12.1. The molecule has 0 rings (SSSR count). The molecule has 0 bridgehead atoms. The molecule has 28 heavy (non-hydrogen) atoms. The van der Waals surface area contributed by atoms with Gasteiger partial charge in [0.15, 0.2) is 0 Å². The fraction of sp³-hybridized carbons (Fsp3) is 0.808. The Hall–Kier alpha value is -1.05. The molecule has 0 radical (unpaired) electrons. The molecular weight excluding hydrogens is 344 g/mol. The molecule has 0 aromatic heterocycles. The van der Waals surface area contributed by atoms with Crippen LogP contribution in [0.5, 0.6) is 0 Å². The summed E-state index contributed by atoms with van der Waals surface area (Å²) in [6.07, 6.45) is 27.9. The van der Waals surface area contributed by atoms with Crippen LogP contribution in [-0.4, -0.2) is 12.6 Å². The van der Waals surface area contributed by atoms with E-state index in [4.69, 9.17) is 4.74 Å². The van der Waals surface area contributed by atoms with Crippen LogP contribution in [0.1, 0.15) is 124 Å². The minimum atomic E-state index is -0.00505. The SMILES string of the molecule is CCCCC/C=C\C/C=C\CCCCCCCC(=O)OCCCCCC(C)C. The second-order valence-corrected chi connectivity index (χ2v) is 8.44. The molecule has 0 aliphatic heterocycles. The number of carbonyl (C=O) groups is 1. The van der Waals surface area contributed by atoms with E-state index in [1.165, 1.54) is 70.6 Å². The molecule has 2 heteroatoms. The number of esters is 1. The standard InChI is InChI=1S/C26H48O2/c1-4-5-6-7-8-9-10-11-12-13-14-15-16-17-20-23-26(27)28-24-21-18-19-22-25(2)3/h8-9,11-12,25H,4-7,10,13-24H2,1-3H3/b9-8-,12-11-. The third kappa shape index (κ3) is 23.0. The zero-order chi connectivity index (χ0) is 20.7. The maximum absolute atomic E-state index is 11.7. The second kappa shape index (κ2) is 22.2. The molecule has 164 valence electrons. The Balaban J connectivity index is 3.27. The summed E-state index contributed by atoms with van der Waals surface area (Å²) in [5, 5.41) is 0. The van der Waals surface area contributed by atoms with E-state index in [1.807, 2.05) is 0 Å². The van der Waals surface area contributed by atoms with Crippen molar-refractivity contribution >= 4 is 5.97 Å². The number of allylic oxidation sites excluding steroid dienone is 4. The van der Waals surface area contributed by atoms with Gasteiger partial charge in [-0.3, -0.25) is 4.79 Å². The lowest BCUT2D eigenvalue weighted by molar-refractivity contribution is -0.143. The van der Waals surface area contributed by atoms with Crippen LogP contribution in [0.2, 0.25) is 0 Å². The highest BCUT2D eigenvalue weighted by Crippen LogP contribution is 2.10. The van der Waals surface area contributed by atoms with Crippen molar-refractivity contribution in [3.63, 3.8) is 0 Å². The normalized spacial score (nSPS) is 11.9. The number of rotatable bonds is 20. The summed E-state index contributed by atoms with van der Waals surface area (Å²) in [5.74, 6) is 0.773. The first-order valence-corrected chi connectivity index (χ1v) is 12.1. The number of carbonyl (C=O) groups excluding carboxylic acids is 1. The number of ether oxygens (including phenoxy) is 1. The van der Waals surface area contributed by atoms with Crippen LogP contribution in [0.3, 0.4) is 0 Å². The fourth-order valence-corrected chi connectivity index (χ4v) is 3.17. The summed E-state index contributed by atoms with van der Waals surface area (Å²) in [6.45, 7) is 7.37. The molecule has 0 atom stereocenters. The van der Waals surface area contributed by atoms with E-state index in [2.05, 4.69) is 45.1 Å². The van der Waals surface area contributed by atoms with Crippen LogP contribution >= 0.6 is 0 Å². The molecule has 0 unspecified atom stereocenters. The number of hydrogen-bond donors (Lipinski definition) is 0. The average molecular weight is 393 g/mol. The Morgan fingerprint density at radius 1 is 0.750 bits per heavy atom. The molecule has 0 N–H and O–H groups in total. The topological polar surface area (TPSA) is 26.3 Å². The number of hydrogen-bond acceptors (Lipinski definition) is 2. The van der Waals surface area contributed by atoms with Gasteiger partial charge in [-0.2, -0.15) is 0 Å². The van der Waals surface area contributed by atoms with Gasteiger partial charge >= 0.3 is 5.97 Å². The van der Waals surface area contributed by atoms with Crippen molar-refractivity contribution in [2.24, 2.45) is 5.92 Å². The highest BCUT2D eigenvalue weighted by molar-refractivity contribution is 5.69. The van der Waals surface area contributed by atoms with E-state index >= 15 is 0 Å². The van der Waals surface area contributed by atoms with Crippen molar-refractivity contribution in [2.75, 3.05) is 6.61 Å². The summed E-state index contributed by atoms with van der Waals surface area (Å²) in [4.78, 5) is 11.7. The van der Waals surface area contributed by atoms with E-state index in [9.17, 15) is 4.79 Å². The van der Waals surface area contributed by atoms with Crippen LogP contribution in [0, 0.1) is 5.92 Å². The molecule has 0 fully saturated rings. The minimum absolute atomic E-state index is 0.00505. The maximum Gasteiger partial charge on any atom is 0.305 e. The second-order valence-electron chi connectivity index (χ2n) is 8.44. The fourth-order valence-electron chi connectivity index (χ4n) is 3.17. The first kappa shape index (κ1) is 27.0. The van der Waals surface area contributed by atoms with Crippen molar-refractivity contribution < 1.29 is 9.53 Å². The van der Waals surface area contributed by atoms with Crippen LogP contribution in [0.25, 0.3) is 0 Å². The predicted octanol–water partition coefficient (Wildman–Crippen LogP) is 8.56. The molecule has 0 aliphatic rings. The molecule has 0 saturated carbocycles. The molecule has 0 saturated heterocycles. The maximum atomic E-state index is 11.7. The van der Waals surface area contributed by atoms with Gasteiger partial charge in [-0.15, -0.1) is 0 Å². The largest absolute Gasteiger partial charge is 0.466 e. The van der Waals surface area contributed by atoms with Crippen LogP contribution < -0.4 is 0 Å². The van der Waals surface area contributed by atoms with Gasteiger partial charge in [0, 0.05) is 6.42 Å². The molecule has 0 aromatic carbocycles. The molecule has 2 nitrogen and oxygen atoms in total. The van der Waals surface area contributed by atoms with Gasteiger partial charge in [0.25, 0.3) is 0 Å². The van der Waals surface area contributed by atoms with Gasteiger partial charge in [0.1, 0.15) is 0 Å². The lowest BCUT2D eigenvalue weighted by Gasteiger charge is -2.06. The molecular formula is C26H48O2. The summed E-state index contributed by atoms with van der Waals surface area (Å²) in [6, 6.07) is 0. The van der Waals surface area contributed by atoms with Crippen molar-refractivity contribution in [1.82, 2.24) is 0 Å². The van der Waals surface area contributed by atoms with Crippen LogP contribution in [0.4, 0.5) is 0 Å². The van der Waals surface area contributed by atoms with Gasteiger partial charge in [0.05, 0.1) is 6.61 Å². The molecule has 0 spiro atoms. The quantitative estimate of drug-likeness (QED) is 0.118. The van der Waals surface area contributed by atoms with E-state index < -0.39 is 0 Å². The summed E-state index contributed by atoms with van der Waals surface area (Å²) in [5.41, 5.74) is 0. The molecule has 0 aliphatic carbocycles. The minimum Gasteiger partial charge on any atom is -0.466 e. The van der Waals surface area contributed by atoms with Crippen LogP contribution in [0.15, 0.2) is 24.3 Å². The Morgan fingerprint density at radius 2 is 1.36 bits per heavy atom. The Morgan fingerprint density at radius 3 is 2.04 bits per heavy atom. The number of unbranched alkanes of at least 4 members (excludes halogenated alkanes) is 10. The zero-order valence-electron chi connectivity index (χ0n) is 19.2. The Bertz CT molecular complexity index is 382. The van der Waals surface area contributed by atoms with Gasteiger partial charge < -0.3 is 4.74 Å². The highest BCUT2D eigenvalue weighted by atomic mass is 16.5. The molecule has 0 aromatic rings. The van der Waals surface area contributed by atoms with Gasteiger partial charge in [-0.1, -0.05) is 96.4 Å². The predicted molar refractivity (Wildman–Crippen MR) is 124 cm³/mol. The molecule has 0 amide bonds. The van der Waals surface area contributed by atoms with Crippen molar-refractivity contribution in [3.8, 4) is 0 Å². The third-order valence-electron chi connectivity index (χ3n) is 5.02. The van der Waals surface area contributed by atoms with E-state index in [0.717, 1.165) is 31.6 Å². The highest BCUT2D eigenvalue weighted by Gasteiger charge is 2.02. The lowest BCUT2D eigenvalue weighted by atomic mass is 10.1. The first-order chi connectivity index (χ1) is 13.7. The van der Waals surface area contributed by atoms with Gasteiger partial charge in [0.2, 0.25) is 0 Å². The van der Waals surface area contributed by atoms with Crippen LogP contribution in [-0.2, 0) is 9.53 Å². The third-order valence-corrected chi connectivity index (χ3v) is 5.02. The Labute approximate surface area is 176 Å². The smallest absolute Gasteiger partial charge is 0.305 e.